The number of halogens is 2. The molecular formula is C36H34ClFN4O5. The van der Waals surface area contributed by atoms with Gasteiger partial charge >= 0.3 is 0 Å². The number of para-hydroxylation sites is 1. The summed E-state index contributed by atoms with van der Waals surface area (Å²) in [6, 6.07) is 19.7. The molecule has 4 aromatic carbocycles. The van der Waals surface area contributed by atoms with Crippen LogP contribution in [0.25, 0.3) is 22.3 Å². The van der Waals surface area contributed by atoms with Crippen molar-refractivity contribution in [1.29, 1.82) is 0 Å². The minimum absolute atomic E-state index is 0.155. The molecule has 0 saturated carbocycles. The maximum Gasteiger partial charge on any atom is 0.282 e. The van der Waals surface area contributed by atoms with Crippen LogP contribution in [0.4, 0.5) is 10.1 Å². The second-order valence-corrected chi connectivity index (χ2v) is 11.4. The molecule has 1 aromatic heterocycles. The van der Waals surface area contributed by atoms with E-state index in [1.165, 1.54) is 35.2 Å². The maximum absolute atomic E-state index is 13.8. The molecule has 9 nitrogen and oxygen atoms in total. The van der Waals surface area contributed by atoms with Crippen LogP contribution in [0.3, 0.4) is 0 Å². The SMILES string of the molecule is CCOc1cc(C=Nn2c(-c3cc(C(C)C)c(OC)cc3C)nc3ccccc3c2=O)cc(Cl)c1OCC(=O)Nc1ccc(F)cc1. The van der Waals surface area contributed by atoms with Gasteiger partial charge < -0.3 is 19.5 Å². The molecule has 0 unspecified atom stereocenters. The van der Waals surface area contributed by atoms with Gasteiger partial charge in [-0.3, -0.25) is 9.59 Å². The topological polar surface area (TPSA) is 104 Å². The fourth-order valence-electron chi connectivity index (χ4n) is 5.03. The zero-order valence-electron chi connectivity index (χ0n) is 26.6. The van der Waals surface area contributed by atoms with Crippen molar-refractivity contribution in [1.82, 2.24) is 9.66 Å². The molecule has 5 rings (SSSR count). The van der Waals surface area contributed by atoms with Crippen LogP contribution in [0, 0.1) is 12.7 Å². The number of rotatable bonds is 11. The van der Waals surface area contributed by atoms with Gasteiger partial charge in [-0.05, 0) is 97.1 Å². The maximum atomic E-state index is 13.8. The van der Waals surface area contributed by atoms with Crippen LogP contribution in [-0.2, 0) is 4.79 Å². The van der Waals surface area contributed by atoms with E-state index in [2.05, 4.69) is 24.3 Å². The number of benzene rings is 4. The van der Waals surface area contributed by atoms with Gasteiger partial charge in [-0.1, -0.05) is 37.6 Å². The molecule has 0 aliphatic carbocycles. The number of anilines is 1. The highest BCUT2D eigenvalue weighted by molar-refractivity contribution is 6.32. The lowest BCUT2D eigenvalue weighted by molar-refractivity contribution is -0.118. The molecule has 0 aliphatic rings. The summed E-state index contributed by atoms with van der Waals surface area (Å²) >= 11 is 6.61. The minimum Gasteiger partial charge on any atom is -0.496 e. The summed E-state index contributed by atoms with van der Waals surface area (Å²) in [5.74, 6) is 0.856. The van der Waals surface area contributed by atoms with Crippen molar-refractivity contribution in [2.24, 2.45) is 5.10 Å². The molecule has 1 amide bonds. The van der Waals surface area contributed by atoms with E-state index in [0.717, 1.165) is 22.4 Å². The molecule has 0 spiro atoms. The highest BCUT2D eigenvalue weighted by Crippen LogP contribution is 2.37. The van der Waals surface area contributed by atoms with Crippen LogP contribution in [0.1, 0.15) is 43.4 Å². The van der Waals surface area contributed by atoms with Crippen molar-refractivity contribution in [3.8, 4) is 28.6 Å². The molecule has 5 aromatic rings. The summed E-state index contributed by atoms with van der Waals surface area (Å²) < 4.78 is 31.6. The van der Waals surface area contributed by atoms with E-state index in [0.29, 0.717) is 34.6 Å². The van der Waals surface area contributed by atoms with E-state index >= 15 is 0 Å². The van der Waals surface area contributed by atoms with Crippen LogP contribution in [0.15, 0.2) is 82.7 Å². The van der Waals surface area contributed by atoms with Crippen LogP contribution < -0.4 is 25.1 Å². The van der Waals surface area contributed by atoms with Crippen molar-refractivity contribution < 1.29 is 23.4 Å². The van der Waals surface area contributed by atoms with Gasteiger partial charge in [0.1, 0.15) is 11.6 Å². The first kappa shape index (κ1) is 33.2. The Morgan fingerprint density at radius 3 is 2.51 bits per heavy atom. The van der Waals surface area contributed by atoms with E-state index in [9.17, 15) is 14.0 Å². The first-order valence-corrected chi connectivity index (χ1v) is 15.4. The number of nitrogens with zero attached hydrogens (tertiary/aromatic N) is 3. The number of aryl methyl sites for hydroxylation is 1. The van der Waals surface area contributed by atoms with Gasteiger partial charge in [-0.25, -0.2) is 9.37 Å². The third-order valence-corrected chi connectivity index (χ3v) is 7.60. The average Bonchev–Trinajstić information content (AvgIpc) is 3.04. The number of aromatic nitrogens is 2. The minimum atomic E-state index is -0.467. The van der Waals surface area contributed by atoms with Gasteiger partial charge in [-0.2, -0.15) is 9.78 Å². The third kappa shape index (κ3) is 7.44. The van der Waals surface area contributed by atoms with Gasteiger partial charge in [0.15, 0.2) is 23.9 Å². The number of hydrogen-bond acceptors (Lipinski definition) is 7. The largest absolute Gasteiger partial charge is 0.496 e. The molecule has 0 saturated heterocycles. The number of amides is 1. The number of hydrogen-bond donors (Lipinski definition) is 1. The molecule has 0 fully saturated rings. The number of methoxy groups -OCH3 is 1. The molecule has 47 heavy (non-hydrogen) atoms. The summed E-state index contributed by atoms with van der Waals surface area (Å²) in [6.45, 7) is 7.80. The molecule has 1 heterocycles. The van der Waals surface area contributed by atoms with Crippen molar-refractivity contribution in [2.45, 2.75) is 33.6 Å². The zero-order chi connectivity index (χ0) is 33.7. The fraction of sp³-hybridized carbons (Fsp3) is 0.222. The smallest absolute Gasteiger partial charge is 0.282 e. The highest BCUT2D eigenvalue weighted by Gasteiger charge is 2.19. The molecule has 242 valence electrons. The summed E-state index contributed by atoms with van der Waals surface area (Å²) in [6.07, 6.45) is 1.49. The summed E-state index contributed by atoms with van der Waals surface area (Å²) in [4.78, 5) is 31.2. The normalized spacial score (nSPS) is 11.3. The Bertz CT molecular complexity index is 2030. The van der Waals surface area contributed by atoms with Crippen LogP contribution in [-0.4, -0.2) is 42.1 Å². The predicted octanol–water partition coefficient (Wildman–Crippen LogP) is 7.59. The molecule has 11 heteroatoms. The fourth-order valence-corrected chi connectivity index (χ4v) is 5.30. The number of carbonyl (C=O) groups excluding carboxylic acids is 1. The molecule has 0 bridgehead atoms. The number of ether oxygens (including phenoxy) is 3. The van der Waals surface area contributed by atoms with E-state index in [1.54, 1.807) is 44.4 Å². The molecule has 0 aliphatic heterocycles. The van der Waals surface area contributed by atoms with Gasteiger partial charge in [0.05, 0.1) is 35.9 Å². The van der Waals surface area contributed by atoms with Crippen molar-refractivity contribution in [3.05, 3.63) is 111 Å². The highest BCUT2D eigenvalue weighted by atomic mass is 35.5. The number of nitrogens with one attached hydrogen (secondary N) is 1. The van der Waals surface area contributed by atoms with Crippen molar-refractivity contribution >= 4 is 40.3 Å². The first-order valence-electron chi connectivity index (χ1n) is 15.0. The van der Waals surface area contributed by atoms with Crippen LogP contribution >= 0.6 is 11.6 Å². The number of fused-ring (bicyclic) bond motifs is 1. The Labute approximate surface area is 276 Å². The third-order valence-electron chi connectivity index (χ3n) is 7.32. The molecule has 0 radical (unpaired) electrons. The Balaban J connectivity index is 1.51. The molecular weight excluding hydrogens is 623 g/mol. The van der Waals surface area contributed by atoms with Gasteiger partial charge in [0, 0.05) is 11.3 Å². The lowest BCUT2D eigenvalue weighted by atomic mass is 9.96. The summed E-state index contributed by atoms with van der Waals surface area (Å²) in [7, 11) is 1.63. The Morgan fingerprint density at radius 2 is 1.81 bits per heavy atom. The van der Waals surface area contributed by atoms with Crippen molar-refractivity contribution in [2.75, 3.05) is 25.6 Å². The quantitative estimate of drug-likeness (QED) is 0.147. The average molecular weight is 657 g/mol. The van der Waals surface area contributed by atoms with E-state index in [4.69, 9.17) is 30.8 Å². The van der Waals surface area contributed by atoms with E-state index in [1.807, 2.05) is 25.1 Å². The lowest BCUT2D eigenvalue weighted by Gasteiger charge is -2.17. The van der Waals surface area contributed by atoms with Gasteiger partial charge in [0.25, 0.3) is 11.5 Å². The van der Waals surface area contributed by atoms with Crippen LogP contribution in [0.5, 0.6) is 17.2 Å². The van der Waals surface area contributed by atoms with Crippen molar-refractivity contribution in [3.63, 3.8) is 0 Å². The zero-order valence-corrected chi connectivity index (χ0v) is 27.4. The van der Waals surface area contributed by atoms with E-state index < -0.39 is 11.7 Å². The first-order chi connectivity index (χ1) is 22.6. The molecule has 0 atom stereocenters. The second-order valence-electron chi connectivity index (χ2n) is 11.0. The summed E-state index contributed by atoms with van der Waals surface area (Å²) in [5.41, 5.74) is 3.72. The van der Waals surface area contributed by atoms with Crippen LogP contribution in [0.2, 0.25) is 5.02 Å². The Hall–Kier alpha value is -5.22. The number of carbonyl (C=O) groups is 1. The second kappa shape index (κ2) is 14.5. The summed E-state index contributed by atoms with van der Waals surface area (Å²) in [5, 5.41) is 7.82. The van der Waals surface area contributed by atoms with Gasteiger partial charge in [0.2, 0.25) is 0 Å². The lowest BCUT2D eigenvalue weighted by Crippen LogP contribution is -2.21. The molecule has 1 N–H and O–H groups in total. The van der Waals surface area contributed by atoms with Gasteiger partial charge in [-0.15, -0.1) is 0 Å². The predicted molar refractivity (Wildman–Crippen MR) is 183 cm³/mol. The standard InChI is InChI=1S/C36H34ClFN4O5/c1-6-46-32-17-23(16-29(37)34(32)47-20-33(43)40-25-13-11-24(38)12-14-25)19-39-42-35(41-30-10-8-7-9-26(30)36(42)44)28-18-27(21(2)3)31(45-5)15-22(28)4/h7-19,21H,6,20H2,1-5H3,(H,40,43). The monoisotopic (exact) mass is 656 g/mol. The Kier molecular flexibility index (Phi) is 10.2. The van der Waals surface area contributed by atoms with E-state index in [-0.39, 0.29) is 34.6 Å². The Morgan fingerprint density at radius 1 is 1.06 bits per heavy atom.